The lowest BCUT2D eigenvalue weighted by atomic mass is 10.2. The van der Waals surface area contributed by atoms with E-state index in [1.54, 1.807) is 0 Å². The number of carbonyl (C=O) groups excluding carboxylic acids is 2. The lowest BCUT2D eigenvalue weighted by Crippen LogP contribution is -2.29. The first-order valence-electron chi connectivity index (χ1n) is 6.05. The third kappa shape index (κ3) is 3.56. The topological polar surface area (TPSA) is 84.2 Å². The van der Waals surface area contributed by atoms with Gasteiger partial charge in [0.2, 0.25) is 11.8 Å². The Bertz CT molecular complexity index is 455. The normalized spacial score (nSPS) is 14.1. The molecule has 0 bridgehead atoms. The molecule has 4 N–H and O–H groups in total. The molecular weight excluding hydrogens is 230 g/mol. The molecule has 0 heterocycles. The zero-order valence-corrected chi connectivity index (χ0v) is 10.1. The number of carbonyl (C=O) groups is 2. The maximum Gasteiger partial charge on any atom is 0.234 e. The van der Waals surface area contributed by atoms with Gasteiger partial charge in [-0.2, -0.15) is 0 Å². The van der Waals surface area contributed by atoms with E-state index in [9.17, 15) is 9.59 Å². The second kappa shape index (κ2) is 5.64. The number of hydrogen-bond acceptors (Lipinski definition) is 3. The predicted molar refractivity (Wildman–Crippen MR) is 68.7 cm³/mol. The van der Waals surface area contributed by atoms with Gasteiger partial charge in [0.25, 0.3) is 0 Å². The van der Waals surface area contributed by atoms with Crippen LogP contribution >= 0.6 is 0 Å². The Morgan fingerprint density at radius 2 is 2.11 bits per heavy atom. The SMILES string of the molecule is NCC(=O)NCc1cccc(NC(=O)C2CC2)c1. The highest BCUT2D eigenvalue weighted by molar-refractivity contribution is 5.94. The molecule has 18 heavy (non-hydrogen) atoms. The van der Waals surface area contributed by atoms with Crippen molar-refractivity contribution in [1.82, 2.24) is 5.32 Å². The Morgan fingerprint density at radius 3 is 2.78 bits per heavy atom. The van der Waals surface area contributed by atoms with Gasteiger partial charge in [0.1, 0.15) is 0 Å². The fraction of sp³-hybridized carbons (Fsp3) is 0.385. The highest BCUT2D eigenvalue weighted by Crippen LogP contribution is 2.30. The maximum atomic E-state index is 11.6. The standard InChI is InChI=1S/C13H17N3O2/c14-7-12(17)15-8-9-2-1-3-11(6-9)16-13(18)10-4-5-10/h1-3,6,10H,4-5,7-8,14H2,(H,15,17)(H,16,18). The Kier molecular flexibility index (Phi) is 3.94. The van der Waals surface area contributed by atoms with Crippen molar-refractivity contribution in [1.29, 1.82) is 0 Å². The van der Waals surface area contributed by atoms with E-state index in [0.717, 1.165) is 24.1 Å². The van der Waals surface area contributed by atoms with E-state index in [2.05, 4.69) is 10.6 Å². The summed E-state index contributed by atoms with van der Waals surface area (Å²) in [5.74, 6) is 0.0751. The number of nitrogens with one attached hydrogen (secondary N) is 2. The summed E-state index contributed by atoms with van der Waals surface area (Å²) >= 11 is 0. The summed E-state index contributed by atoms with van der Waals surface area (Å²) in [4.78, 5) is 22.6. The molecule has 1 aromatic carbocycles. The fourth-order valence-electron chi connectivity index (χ4n) is 1.62. The summed E-state index contributed by atoms with van der Waals surface area (Å²) in [6, 6.07) is 7.45. The molecule has 0 saturated heterocycles. The van der Waals surface area contributed by atoms with Crippen molar-refractivity contribution in [2.45, 2.75) is 19.4 Å². The molecule has 1 aromatic rings. The van der Waals surface area contributed by atoms with E-state index in [-0.39, 0.29) is 24.3 Å². The first kappa shape index (κ1) is 12.6. The van der Waals surface area contributed by atoms with Crippen LogP contribution in [0, 0.1) is 5.92 Å². The average Bonchev–Trinajstić information content (AvgIpc) is 3.20. The van der Waals surface area contributed by atoms with Crippen molar-refractivity contribution in [2.75, 3.05) is 11.9 Å². The summed E-state index contributed by atoms with van der Waals surface area (Å²) in [5.41, 5.74) is 6.91. The van der Waals surface area contributed by atoms with Gasteiger partial charge in [-0.3, -0.25) is 9.59 Å². The van der Waals surface area contributed by atoms with Crippen LogP contribution in [0.1, 0.15) is 18.4 Å². The first-order valence-corrected chi connectivity index (χ1v) is 6.05. The summed E-state index contributed by atoms with van der Waals surface area (Å²) < 4.78 is 0. The Balaban J connectivity index is 1.91. The van der Waals surface area contributed by atoms with Gasteiger partial charge < -0.3 is 16.4 Å². The third-order valence-corrected chi connectivity index (χ3v) is 2.82. The predicted octanol–water partition coefficient (Wildman–Crippen LogP) is 0.610. The molecule has 2 rings (SSSR count). The number of nitrogens with two attached hydrogens (primary N) is 1. The number of anilines is 1. The fourth-order valence-corrected chi connectivity index (χ4v) is 1.62. The lowest BCUT2D eigenvalue weighted by molar-refractivity contribution is -0.120. The van der Waals surface area contributed by atoms with Crippen LogP contribution < -0.4 is 16.4 Å². The molecule has 0 aromatic heterocycles. The van der Waals surface area contributed by atoms with Gasteiger partial charge in [-0.25, -0.2) is 0 Å². The average molecular weight is 247 g/mol. The van der Waals surface area contributed by atoms with Gasteiger partial charge >= 0.3 is 0 Å². The van der Waals surface area contributed by atoms with Gasteiger partial charge in [0, 0.05) is 18.2 Å². The Labute approximate surface area is 106 Å². The molecule has 96 valence electrons. The van der Waals surface area contributed by atoms with E-state index in [0.29, 0.717) is 6.54 Å². The van der Waals surface area contributed by atoms with Gasteiger partial charge in [-0.1, -0.05) is 12.1 Å². The van der Waals surface area contributed by atoms with E-state index >= 15 is 0 Å². The molecule has 1 saturated carbocycles. The molecule has 0 unspecified atom stereocenters. The number of benzene rings is 1. The molecule has 0 atom stereocenters. The van der Waals surface area contributed by atoms with E-state index in [4.69, 9.17) is 5.73 Å². The quantitative estimate of drug-likeness (QED) is 0.712. The van der Waals surface area contributed by atoms with Crippen molar-refractivity contribution in [2.24, 2.45) is 11.7 Å². The van der Waals surface area contributed by atoms with Crippen LogP contribution in [0.2, 0.25) is 0 Å². The van der Waals surface area contributed by atoms with E-state index < -0.39 is 0 Å². The molecule has 5 nitrogen and oxygen atoms in total. The van der Waals surface area contributed by atoms with Crippen LogP contribution in [0.5, 0.6) is 0 Å². The molecule has 0 aliphatic heterocycles. The molecule has 1 aliphatic carbocycles. The summed E-state index contributed by atoms with van der Waals surface area (Å²) in [6.07, 6.45) is 1.97. The highest BCUT2D eigenvalue weighted by Gasteiger charge is 2.29. The van der Waals surface area contributed by atoms with Gasteiger partial charge in [0.15, 0.2) is 0 Å². The second-order valence-corrected chi connectivity index (χ2v) is 4.44. The Hall–Kier alpha value is -1.88. The zero-order valence-electron chi connectivity index (χ0n) is 10.1. The molecule has 2 amide bonds. The molecule has 1 aliphatic rings. The molecule has 5 heteroatoms. The van der Waals surface area contributed by atoms with Crippen LogP contribution in [-0.2, 0) is 16.1 Å². The summed E-state index contributed by atoms with van der Waals surface area (Å²) in [6.45, 7) is 0.404. The van der Waals surface area contributed by atoms with Gasteiger partial charge in [0.05, 0.1) is 6.54 Å². The number of hydrogen-bond donors (Lipinski definition) is 3. The highest BCUT2D eigenvalue weighted by atomic mass is 16.2. The largest absolute Gasteiger partial charge is 0.351 e. The van der Waals surface area contributed by atoms with Crippen LogP contribution in [-0.4, -0.2) is 18.4 Å². The monoisotopic (exact) mass is 247 g/mol. The third-order valence-electron chi connectivity index (χ3n) is 2.82. The van der Waals surface area contributed by atoms with Crippen molar-refractivity contribution >= 4 is 17.5 Å². The van der Waals surface area contributed by atoms with Crippen molar-refractivity contribution in [3.63, 3.8) is 0 Å². The summed E-state index contributed by atoms with van der Waals surface area (Å²) in [7, 11) is 0. The maximum absolute atomic E-state index is 11.6. The summed E-state index contributed by atoms with van der Waals surface area (Å²) in [5, 5.41) is 5.56. The minimum absolute atomic E-state index is 0.0158. The van der Waals surface area contributed by atoms with Crippen LogP contribution in [0.25, 0.3) is 0 Å². The first-order chi connectivity index (χ1) is 8.69. The van der Waals surface area contributed by atoms with E-state index in [1.807, 2.05) is 24.3 Å². The van der Waals surface area contributed by atoms with Crippen molar-refractivity contribution in [3.05, 3.63) is 29.8 Å². The number of rotatable bonds is 5. The van der Waals surface area contributed by atoms with Crippen molar-refractivity contribution < 1.29 is 9.59 Å². The van der Waals surface area contributed by atoms with Crippen LogP contribution in [0.15, 0.2) is 24.3 Å². The molecule has 0 radical (unpaired) electrons. The Morgan fingerprint density at radius 1 is 1.33 bits per heavy atom. The minimum Gasteiger partial charge on any atom is -0.351 e. The van der Waals surface area contributed by atoms with Gasteiger partial charge in [-0.05, 0) is 30.5 Å². The zero-order chi connectivity index (χ0) is 13.0. The molecule has 0 spiro atoms. The minimum atomic E-state index is -0.192. The van der Waals surface area contributed by atoms with Crippen LogP contribution in [0.3, 0.4) is 0 Å². The molecule has 1 fully saturated rings. The van der Waals surface area contributed by atoms with Crippen LogP contribution in [0.4, 0.5) is 5.69 Å². The number of amides is 2. The smallest absolute Gasteiger partial charge is 0.234 e. The van der Waals surface area contributed by atoms with Crippen molar-refractivity contribution in [3.8, 4) is 0 Å². The molecular formula is C13H17N3O2. The lowest BCUT2D eigenvalue weighted by Gasteiger charge is -2.07. The van der Waals surface area contributed by atoms with E-state index in [1.165, 1.54) is 0 Å². The second-order valence-electron chi connectivity index (χ2n) is 4.44. The van der Waals surface area contributed by atoms with Gasteiger partial charge in [-0.15, -0.1) is 0 Å².